The summed E-state index contributed by atoms with van der Waals surface area (Å²) in [5, 5.41) is 0. The Morgan fingerprint density at radius 1 is 0.870 bits per heavy atom. The quantitative estimate of drug-likeness (QED) is 0.742. The zero-order chi connectivity index (χ0) is 16.7. The van der Waals surface area contributed by atoms with E-state index in [0.29, 0.717) is 11.5 Å². The lowest BCUT2D eigenvalue weighted by molar-refractivity contribution is 0.504. The Hall–Kier alpha value is -1.38. The Balaban J connectivity index is 1.99. The molecule has 1 aliphatic carbocycles. The molecular weight excluding hydrogens is 294 g/mol. The highest BCUT2D eigenvalue weighted by Crippen LogP contribution is 2.48. The number of rotatable bonds is 3. The van der Waals surface area contributed by atoms with Gasteiger partial charge in [-0.25, -0.2) is 0 Å². The molecular formula is C21H29NSi. The Morgan fingerprint density at radius 3 is 2.04 bits per heavy atom. The molecule has 2 atom stereocenters. The van der Waals surface area contributed by atoms with Crippen LogP contribution in [-0.4, -0.2) is 13.8 Å². The third-order valence-electron chi connectivity index (χ3n) is 4.99. The van der Waals surface area contributed by atoms with E-state index < -0.39 is 8.24 Å². The molecule has 0 saturated heterocycles. The first kappa shape index (κ1) is 16.5. The largest absolute Gasteiger partial charge is 0.332 e. The first-order valence-corrected chi connectivity index (χ1v) is 11.8. The molecule has 3 rings (SSSR count). The SMILES string of the molecule is CC(C)(C)N[Si](C)(C)C1CC(c2ccccc2)c2ccccc21. The molecule has 2 unspecified atom stereocenters. The van der Waals surface area contributed by atoms with E-state index in [1.165, 1.54) is 12.0 Å². The Kier molecular flexibility index (Phi) is 4.24. The van der Waals surface area contributed by atoms with Crippen molar-refractivity contribution in [1.82, 2.24) is 4.98 Å². The Bertz CT molecular complexity index is 670. The minimum Gasteiger partial charge on any atom is -0.332 e. The molecule has 23 heavy (non-hydrogen) atoms. The predicted octanol–water partition coefficient (Wildman–Crippen LogP) is 5.44. The Morgan fingerprint density at radius 2 is 1.43 bits per heavy atom. The van der Waals surface area contributed by atoms with Crippen molar-refractivity contribution in [3.63, 3.8) is 0 Å². The summed E-state index contributed by atoms with van der Waals surface area (Å²) in [6, 6.07) is 20.1. The summed E-state index contributed by atoms with van der Waals surface area (Å²) in [7, 11) is -1.58. The number of fused-ring (bicyclic) bond motifs is 1. The average Bonchev–Trinajstić information content (AvgIpc) is 2.86. The van der Waals surface area contributed by atoms with Crippen molar-refractivity contribution >= 4 is 8.24 Å². The summed E-state index contributed by atoms with van der Waals surface area (Å²) in [5.74, 6) is 0.547. The maximum absolute atomic E-state index is 3.99. The fourth-order valence-corrected chi connectivity index (χ4v) is 8.35. The fourth-order valence-electron chi connectivity index (χ4n) is 4.37. The molecule has 0 saturated carbocycles. The van der Waals surface area contributed by atoms with Gasteiger partial charge >= 0.3 is 0 Å². The molecule has 0 aromatic heterocycles. The van der Waals surface area contributed by atoms with E-state index in [2.05, 4.69) is 93.4 Å². The van der Waals surface area contributed by atoms with E-state index in [9.17, 15) is 0 Å². The first-order chi connectivity index (χ1) is 10.8. The fraction of sp³-hybridized carbons (Fsp3) is 0.429. The second kappa shape index (κ2) is 5.92. The summed E-state index contributed by atoms with van der Waals surface area (Å²) in [4.78, 5) is 3.99. The molecule has 1 nitrogen and oxygen atoms in total. The number of benzene rings is 2. The number of hydrogen-bond donors (Lipinski definition) is 1. The van der Waals surface area contributed by atoms with Crippen LogP contribution in [0, 0.1) is 0 Å². The predicted molar refractivity (Wildman–Crippen MR) is 102 cm³/mol. The summed E-state index contributed by atoms with van der Waals surface area (Å²) >= 11 is 0. The molecule has 2 aromatic rings. The van der Waals surface area contributed by atoms with Crippen LogP contribution in [0.25, 0.3) is 0 Å². The van der Waals surface area contributed by atoms with Crippen molar-refractivity contribution in [3.8, 4) is 0 Å². The lowest BCUT2D eigenvalue weighted by Crippen LogP contribution is -2.57. The van der Waals surface area contributed by atoms with Crippen LogP contribution < -0.4 is 4.98 Å². The van der Waals surface area contributed by atoms with Crippen molar-refractivity contribution in [1.29, 1.82) is 0 Å². The van der Waals surface area contributed by atoms with Gasteiger partial charge in [0.15, 0.2) is 0 Å². The normalized spacial score (nSPS) is 21.3. The molecule has 0 amide bonds. The van der Waals surface area contributed by atoms with Gasteiger partial charge < -0.3 is 4.98 Å². The molecule has 1 N–H and O–H groups in total. The second-order valence-corrected chi connectivity index (χ2v) is 12.9. The number of hydrogen-bond acceptors (Lipinski definition) is 1. The van der Waals surface area contributed by atoms with Gasteiger partial charge in [0, 0.05) is 11.5 Å². The summed E-state index contributed by atoms with van der Waals surface area (Å²) in [5.41, 5.74) is 5.43. The van der Waals surface area contributed by atoms with Crippen LogP contribution in [0.2, 0.25) is 13.1 Å². The molecule has 0 fully saturated rings. The third kappa shape index (κ3) is 3.43. The van der Waals surface area contributed by atoms with E-state index in [0.717, 1.165) is 0 Å². The highest BCUT2D eigenvalue weighted by Gasteiger charge is 2.43. The second-order valence-electron chi connectivity index (χ2n) is 8.48. The summed E-state index contributed by atoms with van der Waals surface area (Å²) in [6.45, 7) is 11.9. The topological polar surface area (TPSA) is 12.0 Å². The molecule has 0 aliphatic heterocycles. The van der Waals surface area contributed by atoms with Crippen molar-refractivity contribution in [3.05, 3.63) is 71.3 Å². The van der Waals surface area contributed by atoms with Crippen molar-refractivity contribution in [2.45, 2.75) is 57.3 Å². The van der Waals surface area contributed by atoms with Gasteiger partial charge in [0.2, 0.25) is 0 Å². The molecule has 0 heterocycles. The van der Waals surface area contributed by atoms with Crippen LogP contribution in [0.3, 0.4) is 0 Å². The standard InChI is InChI=1S/C21H29NSi/c1-21(2,3)22-23(4,5)20-15-19(16-11-7-6-8-12-16)17-13-9-10-14-18(17)20/h6-14,19-20,22H,15H2,1-5H3. The molecule has 1 aliphatic rings. The monoisotopic (exact) mass is 323 g/mol. The third-order valence-corrected chi connectivity index (χ3v) is 8.67. The molecule has 0 bridgehead atoms. The van der Waals surface area contributed by atoms with Crippen LogP contribution in [0.15, 0.2) is 54.6 Å². The van der Waals surface area contributed by atoms with E-state index in [1.54, 1.807) is 11.1 Å². The van der Waals surface area contributed by atoms with Gasteiger partial charge in [-0.2, -0.15) is 0 Å². The van der Waals surface area contributed by atoms with Crippen LogP contribution in [0.5, 0.6) is 0 Å². The van der Waals surface area contributed by atoms with Gasteiger partial charge in [0.25, 0.3) is 0 Å². The molecule has 2 heteroatoms. The smallest absolute Gasteiger partial charge is 0.127 e. The van der Waals surface area contributed by atoms with E-state index in [1.807, 2.05) is 0 Å². The summed E-state index contributed by atoms with van der Waals surface area (Å²) < 4.78 is 0. The van der Waals surface area contributed by atoms with Gasteiger partial charge in [-0.15, -0.1) is 0 Å². The minimum absolute atomic E-state index is 0.176. The maximum atomic E-state index is 3.99. The minimum atomic E-state index is -1.58. The van der Waals surface area contributed by atoms with Gasteiger partial charge in [0.1, 0.15) is 8.24 Å². The van der Waals surface area contributed by atoms with E-state index in [-0.39, 0.29) is 5.54 Å². The molecule has 0 radical (unpaired) electrons. The van der Waals surface area contributed by atoms with Crippen LogP contribution >= 0.6 is 0 Å². The van der Waals surface area contributed by atoms with Crippen LogP contribution in [-0.2, 0) is 0 Å². The van der Waals surface area contributed by atoms with Gasteiger partial charge in [0.05, 0.1) is 0 Å². The van der Waals surface area contributed by atoms with Gasteiger partial charge in [-0.05, 0) is 49.4 Å². The highest BCUT2D eigenvalue weighted by atomic mass is 28.3. The summed E-state index contributed by atoms with van der Waals surface area (Å²) in [6.07, 6.45) is 1.24. The molecule has 2 aromatic carbocycles. The average molecular weight is 324 g/mol. The maximum Gasteiger partial charge on any atom is 0.127 e. The first-order valence-electron chi connectivity index (χ1n) is 8.71. The van der Waals surface area contributed by atoms with Gasteiger partial charge in [-0.1, -0.05) is 67.7 Å². The highest BCUT2D eigenvalue weighted by molar-refractivity contribution is 6.76. The van der Waals surface area contributed by atoms with Gasteiger partial charge in [-0.3, -0.25) is 0 Å². The zero-order valence-corrected chi connectivity index (χ0v) is 16.1. The lowest BCUT2D eigenvalue weighted by Gasteiger charge is -2.38. The van der Waals surface area contributed by atoms with E-state index in [4.69, 9.17) is 0 Å². The van der Waals surface area contributed by atoms with Crippen LogP contribution in [0.4, 0.5) is 0 Å². The van der Waals surface area contributed by atoms with Crippen molar-refractivity contribution in [2.24, 2.45) is 0 Å². The molecule has 122 valence electrons. The van der Waals surface area contributed by atoms with Crippen molar-refractivity contribution < 1.29 is 0 Å². The lowest BCUT2D eigenvalue weighted by atomic mass is 9.93. The number of nitrogens with one attached hydrogen (secondary N) is 1. The Labute approximate surface area is 142 Å². The van der Waals surface area contributed by atoms with Crippen molar-refractivity contribution in [2.75, 3.05) is 0 Å². The van der Waals surface area contributed by atoms with E-state index >= 15 is 0 Å². The zero-order valence-electron chi connectivity index (χ0n) is 15.1. The van der Waals surface area contributed by atoms with Crippen LogP contribution in [0.1, 0.15) is 55.3 Å². The molecule has 0 spiro atoms.